The summed E-state index contributed by atoms with van der Waals surface area (Å²) in [5.74, 6) is 1.01. The number of imidazole rings is 1. The van der Waals surface area contributed by atoms with Crippen LogP contribution in [0, 0.1) is 0 Å². The fourth-order valence-corrected chi connectivity index (χ4v) is 2.83. The number of aliphatic imine (C=N–C) groups is 1. The Hall–Kier alpha value is -1.88. The zero-order valence-electron chi connectivity index (χ0n) is 13.2. The molecule has 0 unspecified atom stereocenters. The smallest absolute Gasteiger partial charge is 0.242 e. The first-order valence-electron chi connectivity index (χ1n) is 7.19. The van der Waals surface area contributed by atoms with Gasteiger partial charge < -0.3 is 8.99 Å². The summed E-state index contributed by atoms with van der Waals surface area (Å²) in [6.07, 6.45) is 6.34. The Bertz CT molecular complexity index is 614. The second kappa shape index (κ2) is 6.71. The van der Waals surface area contributed by atoms with Crippen LogP contribution in [0.2, 0.25) is 19.6 Å². The van der Waals surface area contributed by atoms with Gasteiger partial charge in [-0.15, -0.1) is 0 Å². The van der Waals surface area contributed by atoms with Gasteiger partial charge in [0.1, 0.15) is 5.75 Å². The minimum atomic E-state index is -1.58. The van der Waals surface area contributed by atoms with Crippen molar-refractivity contribution in [3.8, 4) is 5.75 Å². The summed E-state index contributed by atoms with van der Waals surface area (Å²) >= 11 is 0. The maximum absolute atomic E-state index is 6.13. The standard InChI is InChI=1S/C16H23N3OSi/c1-19-13-18-12-15(19)11-17-10-9-14-7-5-6-8-16(14)20-21(2,3)4/h5-8,11-13H,9-10H2,1-4H3. The summed E-state index contributed by atoms with van der Waals surface area (Å²) in [6.45, 7) is 7.34. The summed E-state index contributed by atoms with van der Waals surface area (Å²) in [7, 11) is 0.386. The maximum Gasteiger partial charge on any atom is 0.242 e. The fraction of sp³-hybridized carbons (Fsp3) is 0.375. The molecule has 2 aromatic rings. The molecule has 1 aromatic carbocycles. The van der Waals surface area contributed by atoms with Crippen LogP contribution in [-0.2, 0) is 13.5 Å². The number of hydrogen-bond acceptors (Lipinski definition) is 3. The van der Waals surface area contributed by atoms with Crippen LogP contribution in [0.4, 0.5) is 0 Å². The Morgan fingerprint density at radius 2 is 2.05 bits per heavy atom. The lowest BCUT2D eigenvalue weighted by Gasteiger charge is -2.21. The number of benzene rings is 1. The Kier molecular flexibility index (Phi) is 4.96. The molecule has 21 heavy (non-hydrogen) atoms. The van der Waals surface area contributed by atoms with Crippen molar-refractivity contribution in [1.29, 1.82) is 0 Å². The third-order valence-corrected chi connectivity index (χ3v) is 3.81. The van der Waals surface area contributed by atoms with Crippen molar-refractivity contribution in [2.45, 2.75) is 26.1 Å². The second-order valence-electron chi connectivity index (χ2n) is 6.04. The molecule has 1 aromatic heterocycles. The molecule has 2 rings (SSSR count). The van der Waals surface area contributed by atoms with Crippen molar-refractivity contribution in [1.82, 2.24) is 9.55 Å². The molecule has 0 radical (unpaired) electrons. The molecule has 0 N–H and O–H groups in total. The maximum atomic E-state index is 6.13. The number of para-hydroxylation sites is 1. The van der Waals surface area contributed by atoms with Gasteiger partial charge in [-0.2, -0.15) is 0 Å². The van der Waals surface area contributed by atoms with E-state index >= 15 is 0 Å². The van der Waals surface area contributed by atoms with Crippen molar-refractivity contribution in [3.63, 3.8) is 0 Å². The number of aromatic nitrogens is 2. The first kappa shape index (κ1) is 15.5. The van der Waals surface area contributed by atoms with Gasteiger partial charge in [0.25, 0.3) is 0 Å². The van der Waals surface area contributed by atoms with E-state index in [1.165, 1.54) is 5.56 Å². The lowest BCUT2D eigenvalue weighted by atomic mass is 10.1. The van der Waals surface area contributed by atoms with E-state index in [2.05, 4.69) is 47.8 Å². The SMILES string of the molecule is Cn1cncc1C=NCCc1ccccc1O[Si](C)(C)C. The van der Waals surface area contributed by atoms with E-state index in [1.54, 1.807) is 6.33 Å². The van der Waals surface area contributed by atoms with E-state index in [0.717, 1.165) is 24.4 Å². The molecule has 4 nitrogen and oxygen atoms in total. The van der Waals surface area contributed by atoms with Crippen LogP contribution in [0.1, 0.15) is 11.3 Å². The molecule has 0 saturated carbocycles. The Balaban J connectivity index is 1.97. The van der Waals surface area contributed by atoms with E-state index in [-0.39, 0.29) is 0 Å². The molecule has 0 fully saturated rings. The lowest BCUT2D eigenvalue weighted by Crippen LogP contribution is -2.29. The topological polar surface area (TPSA) is 39.4 Å². The Labute approximate surface area is 127 Å². The van der Waals surface area contributed by atoms with Crippen LogP contribution in [0.5, 0.6) is 5.75 Å². The van der Waals surface area contributed by atoms with Crippen molar-refractivity contribution >= 4 is 14.5 Å². The van der Waals surface area contributed by atoms with Crippen LogP contribution in [0.25, 0.3) is 0 Å². The van der Waals surface area contributed by atoms with Gasteiger partial charge in [0, 0.05) is 19.8 Å². The third kappa shape index (κ3) is 4.86. The quantitative estimate of drug-likeness (QED) is 0.606. The van der Waals surface area contributed by atoms with Gasteiger partial charge >= 0.3 is 0 Å². The molecular weight excluding hydrogens is 278 g/mol. The van der Waals surface area contributed by atoms with Crippen molar-refractivity contribution in [3.05, 3.63) is 48.0 Å². The molecule has 0 bridgehead atoms. The van der Waals surface area contributed by atoms with Crippen LogP contribution < -0.4 is 4.43 Å². The molecule has 0 aliphatic heterocycles. The molecular formula is C16H23N3OSi. The highest BCUT2D eigenvalue weighted by Crippen LogP contribution is 2.22. The Morgan fingerprint density at radius 1 is 1.29 bits per heavy atom. The van der Waals surface area contributed by atoms with E-state index in [4.69, 9.17) is 4.43 Å². The van der Waals surface area contributed by atoms with Gasteiger partial charge in [-0.3, -0.25) is 4.99 Å². The minimum Gasteiger partial charge on any atom is -0.544 e. The monoisotopic (exact) mass is 301 g/mol. The first-order valence-corrected chi connectivity index (χ1v) is 10.6. The van der Waals surface area contributed by atoms with Crippen LogP contribution in [0.15, 0.2) is 41.8 Å². The summed E-state index contributed by atoms with van der Waals surface area (Å²) in [5, 5.41) is 0. The largest absolute Gasteiger partial charge is 0.544 e. The van der Waals surface area contributed by atoms with Gasteiger partial charge in [-0.05, 0) is 37.7 Å². The van der Waals surface area contributed by atoms with E-state index in [9.17, 15) is 0 Å². The highest BCUT2D eigenvalue weighted by Gasteiger charge is 2.17. The van der Waals surface area contributed by atoms with E-state index in [0.29, 0.717) is 0 Å². The average molecular weight is 301 g/mol. The molecule has 0 amide bonds. The van der Waals surface area contributed by atoms with Crippen LogP contribution in [-0.4, -0.2) is 30.6 Å². The predicted molar refractivity (Wildman–Crippen MR) is 89.8 cm³/mol. The molecule has 5 heteroatoms. The molecule has 1 heterocycles. The van der Waals surface area contributed by atoms with Gasteiger partial charge in [0.05, 0.1) is 18.2 Å². The van der Waals surface area contributed by atoms with Crippen LogP contribution >= 0.6 is 0 Å². The highest BCUT2D eigenvalue weighted by molar-refractivity contribution is 6.70. The molecule has 0 aliphatic rings. The van der Waals surface area contributed by atoms with Gasteiger partial charge in [0.15, 0.2) is 0 Å². The zero-order valence-corrected chi connectivity index (χ0v) is 14.2. The van der Waals surface area contributed by atoms with Crippen molar-refractivity contribution in [2.75, 3.05) is 6.54 Å². The van der Waals surface area contributed by atoms with Crippen LogP contribution in [0.3, 0.4) is 0 Å². The summed E-state index contributed by atoms with van der Waals surface area (Å²) in [6, 6.07) is 8.25. The lowest BCUT2D eigenvalue weighted by molar-refractivity contribution is 0.549. The van der Waals surface area contributed by atoms with E-state index in [1.807, 2.05) is 30.1 Å². The second-order valence-corrected chi connectivity index (χ2v) is 10.5. The molecule has 112 valence electrons. The molecule has 0 spiro atoms. The third-order valence-electron chi connectivity index (χ3n) is 2.98. The fourth-order valence-electron chi connectivity index (χ4n) is 1.97. The number of nitrogens with zero attached hydrogens (tertiary/aromatic N) is 3. The predicted octanol–water partition coefficient (Wildman–Crippen LogP) is 3.30. The number of aryl methyl sites for hydroxylation is 1. The average Bonchev–Trinajstić information content (AvgIpc) is 2.80. The summed E-state index contributed by atoms with van der Waals surface area (Å²) in [4.78, 5) is 8.55. The molecule has 0 aliphatic carbocycles. The molecule has 0 saturated heterocycles. The van der Waals surface area contributed by atoms with Gasteiger partial charge in [-0.25, -0.2) is 4.98 Å². The van der Waals surface area contributed by atoms with Gasteiger partial charge in [0.2, 0.25) is 8.32 Å². The number of hydrogen-bond donors (Lipinski definition) is 0. The van der Waals surface area contributed by atoms with Gasteiger partial charge in [-0.1, -0.05) is 18.2 Å². The van der Waals surface area contributed by atoms with E-state index < -0.39 is 8.32 Å². The highest BCUT2D eigenvalue weighted by atomic mass is 28.4. The minimum absolute atomic E-state index is 0.747. The zero-order chi connectivity index (χ0) is 15.3. The Morgan fingerprint density at radius 3 is 2.71 bits per heavy atom. The first-order chi connectivity index (χ1) is 9.96. The normalized spacial score (nSPS) is 12.0. The van der Waals surface area contributed by atoms with Crippen molar-refractivity contribution in [2.24, 2.45) is 12.0 Å². The number of rotatable bonds is 6. The summed E-state index contributed by atoms with van der Waals surface area (Å²) < 4.78 is 8.08. The molecule has 0 atom stereocenters. The van der Waals surface area contributed by atoms with Crippen molar-refractivity contribution < 1.29 is 4.43 Å². The summed E-state index contributed by atoms with van der Waals surface area (Å²) in [5.41, 5.74) is 2.24.